The maximum Gasteiger partial charge on any atom is 0.254 e. The van der Waals surface area contributed by atoms with Crippen molar-refractivity contribution in [3.05, 3.63) is 158 Å². The van der Waals surface area contributed by atoms with Crippen LogP contribution in [-0.2, 0) is 38.4 Å². The molecule has 2 aliphatic heterocycles. The van der Waals surface area contributed by atoms with Gasteiger partial charge in [0.1, 0.15) is 0 Å². The van der Waals surface area contributed by atoms with Crippen LogP contribution in [0, 0.1) is 0 Å². The number of hydrogen-bond donors (Lipinski definition) is 7. The third-order valence-electron chi connectivity index (χ3n) is 12.1. The van der Waals surface area contributed by atoms with Gasteiger partial charge in [0.25, 0.3) is 23.6 Å². The van der Waals surface area contributed by atoms with E-state index in [-0.39, 0.29) is 28.8 Å². The number of carbonyl (C=O) groups is 4. The number of hydrogen-bond acceptors (Lipinski definition) is 14. The topological polar surface area (TPSA) is 212 Å². The van der Waals surface area contributed by atoms with Gasteiger partial charge in [-0.2, -0.15) is 0 Å². The fourth-order valence-electron chi connectivity index (χ4n) is 7.99. The van der Waals surface area contributed by atoms with Gasteiger partial charge >= 0.3 is 0 Å². The number of nitrogens with two attached hydrogens (primary N) is 1. The molecule has 2 fully saturated rings. The molecule has 0 saturated carbocycles. The third-order valence-corrected chi connectivity index (χ3v) is 17.3. The summed E-state index contributed by atoms with van der Waals surface area (Å²) < 4.78 is 2.14. The summed E-state index contributed by atoms with van der Waals surface area (Å²) in [5.41, 5.74) is 9.34. The first-order valence-electron chi connectivity index (χ1n) is 24.4. The molecule has 4 atom stereocenters. The molecule has 3 aromatic carbocycles. The molecule has 0 bridgehead atoms. The van der Waals surface area contributed by atoms with Crippen LogP contribution in [0.15, 0.2) is 122 Å². The van der Waals surface area contributed by atoms with Gasteiger partial charge in [0.05, 0.1) is 21.4 Å². The van der Waals surface area contributed by atoms with Gasteiger partial charge < -0.3 is 56.4 Å². The van der Waals surface area contributed by atoms with Crippen LogP contribution in [0.4, 0.5) is 11.4 Å². The Kier molecular flexibility index (Phi) is 30.6. The third kappa shape index (κ3) is 21.3. The molecule has 4 amide bonds. The van der Waals surface area contributed by atoms with Crippen molar-refractivity contribution in [2.45, 2.75) is 66.0 Å². The summed E-state index contributed by atoms with van der Waals surface area (Å²) >= 11 is 24.1. The van der Waals surface area contributed by atoms with Gasteiger partial charge in [0, 0.05) is 99.8 Å². The number of nitrogens with zero attached hydrogens (tertiary/aromatic N) is 4. The second-order valence-electron chi connectivity index (χ2n) is 17.5. The molecule has 0 spiro atoms. The molecule has 5 heterocycles. The van der Waals surface area contributed by atoms with Crippen LogP contribution in [0.5, 0.6) is 0 Å². The Hall–Kier alpha value is -4.68. The van der Waals surface area contributed by atoms with Gasteiger partial charge in [0.2, 0.25) is 0 Å². The van der Waals surface area contributed by atoms with E-state index in [0.29, 0.717) is 81.8 Å². The van der Waals surface area contributed by atoms with Crippen molar-refractivity contribution in [3.8, 4) is 0 Å². The van der Waals surface area contributed by atoms with Crippen molar-refractivity contribution in [1.29, 1.82) is 0 Å². The number of benzene rings is 3. The molecule has 6 aromatic rings. The first-order valence-corrected chi connectivity index (χ1v) is 29.4. The monoisotopic (exact) mass is 1310 g/mol. The number of piperazine rings is 2. The summed E-state index contributed by atoms with van der Waals surface area (Å²) in [4.78, 5) is 60.3. The van der Waals surface area contributed by atoms with Crippen LogP contribution in [-0.4, -0.2) is 150 Å². The summed E-state index contributed by atoms with van der Waals surface area (Å²) in [6.07, 6.45) is -1.01. The quantitative estimate of drug-likeness (QED) is 0.0431. The zero-order chi connectivity index (χ0) is 54.6. The number of carbonyl (C=O) groups excluding carboxylic acids is 4. The zero-order valence-electron chi connectivity index (χ0n) is 41.4. The molecule has 0 radical (unpaired) electrons. The first kappa shape index (κ1) is 68.6. The molecule has 3 aromatic heterocycles. The fourth-order valence-corrected chi connectivity index (χ4v) is 12.3. The molecular formula is C57H73Br2Cl2N7O8S3. The minimum absolute atomic E-state index is 0. The Morgan fingerprint density at radius 1 is 0.532 bits per heavy atom. The number of halogens is 4. The molecule has 430 valence electrons. The van der Waals surface area contributed by atoms with Crippen molar-refractivity contribution in [2.75, 3.05) is 81.8 Å². The number of aliphatic hydroxyl groups excluding tert-OH is 4. The number of thiophene rings is 3. The largest absolute Gasteiger partial charge is 0.380 e. The van der Waals surface area contributed by atoms with E-state index < -0.39 is 48.0 Å². The SMILES string of the molecule is C.C.C.NCCc1cc(Br)cs1.O=C(NCCc1cc(/C=C/c2ccccc2)cs1)[C@H](O)[C@@H](O)C(=O)N1CCN(c2ccccc2Cl)CC1.O=C(NCCc1cc(Br)cs1)[C@H](O)[C@@H](O)C(=O)N1CCN(c2ccccc2Cl)CC1. The number of rotatable bonds is 18. The van der Waals surface area contributed by atoms with E-state index in [1.54, 1.807) is 34.0 Å². The summed E-state index contributed by atoms with van der Waals surface area (Å²) in [5, 5.41) is 53.5. The molecule has 8 N–H and O–H groups in total. The highest BCUT2D eigenvalue weighted by Gasteiger charge is 2.36. The number of nitrogens with one attached hydrogen (secondary N) is 2. The highest BCUT2D eigenvalue weighted by atomic mass is 79.9. The second-order valence-corrected chi connectivity index (χ2v) is 23.1. The van der Waals surface area contributed by atoms with Crippen LogP contribution >= 0.6 is 89.1 Å². The number of aliphatic hydroxyl groups is 4. The minimum Gasteiger partial charge on any atom is -0.380 e. The van der Waals surface area contributed by atoms with Crippen LogP contribution in [0.2, 0.25) is 10.0 Å². The fraction of sp³-hybridized carbons (Fsp3) is 0.368. The Morgan fingerprint density at radius 3 is 1.32 bits per heavy atom. The van der Waals surface area contributed by atoms with Crippen LogP contribution in [0.1, 0.15) is 48.0 Å². The average Bonchev–Trinajstić information content (AvgIpc) is 4.21. The molecular weight excluding hydrogens is 1240 g/mol. The molecule has 8 rings (SSSR count). The summed E-state index contributed by atoms with van der Waals surface area (Å²) in [6, 6.07) is 31.1. The van der Waals surface area contributed by atoms with E-state index in [4.69, 9.17) is 28.9 Å². The molecule has 0 aliphatic carbocycles. The van der Waals surface area contributed by atoms with Gasteiger partial charge in [-0.1, -0.05) is 112 Å². The molecule has 22 heteroatoms. The lowest BCUT2D eigenvalue weighted by Crippen LogP contribution is -2.55. The second kappa shape index (κ2) is 35.2. The standard InChI is InChI=1S/C28H30ClN3O4S.C20H23BrClN3O4S.C6H8BrNS.3CH4/c29-23-8-4-5-9-24(23)31-14-16-32(17-15-31)28(36)26(34)25(33)27(35)30-13-12-22-18-21(19-37-22)11-10-20-6-2-1-3-7-20;21-13-11-14(30-12-13)5-6-23-19(28)17(26)18(27)20(29)25-9-7-24(8-10-25)16-4-2-1-3-15(16)22;7-5-3-6(1-2-8)9-4-5;;;/h1-11,18-19,25-26,33-34H,12-17H2,(H,30,35);1-4,11-12,17-18,26-27H,5-10H2,(H,23,28);3-4H,1-2,8H2;3*1H4/b11-10+;;;;;/t25-,26-;17-,18-;;;;/m11..../s1. The van der Waals surface area contributed by atoms with Crippen molar-refractivity contribution < 1.29 is 39.6 Å². The van der Waals surface area contributed by atoms with Gasteiger partial charge in [-0.3, -0.25) is 19.2 Å². The Bertz CT molecular complexity index is 2830. The van der Waals surface area contributed by atoms with Crippen molar-refractivity contribution >= 4 is 136 Å². The van der Waals surface area contributed by atoms with Crippen molar-refractivity contribution in [3.63, 3.8) is 0 Å². The maximum atomic E-state index is 12.7. The normalized spacial score (nSPS) is 14.6. The Labute approximate surface area is 503 Å². The lowest BCUT2D eigenvalue weighted by Gasteiger charge is -2.37. The van der Waals surface area contributed by atoms with Crippen molar-refractivity contribution in [1.82, 2.24) is 20.4 Å². The Balaban J connectivity index is 0.000000351. The number of amides is 4. The summed E-state index contributed by atoms with van der Waals surface area (Å²) in [6.45, 7) is 4.93. The van der Waals surface area contributed by atoms with Crippen LogP contribution in [0.3, 0.4) is 0 Å². The van der Waals surface area contributed by atoms with Crippen LogP contribution in [0.25, 0.3) is 12.2 Å². The molecule has 0 unspecified atom stereocenters. The van der Waals surface area contributed by atoms with E-state index in [9.17, 15) is 39.6 Å². The average molecular weight is 1310 g/mol. The van der Waals surface area contributed by atoms with Gasteiger partial charge in [0.15, 0.2) is 24.4 Å². The molecule has 2 aliphatic rings. The summed E-state index contributed by atoms with van der Waals surface area (Å²) in [7, 11) is 0. The highest BCUT2D eigenvalue weighted by molar-refractivity contribution is 9.10. The van der Waals surface area contributed by atoms with Gasteiger partial charge in [-0.25, -0.2) is 0 Å². The summed E-state index contributed by atoms with van der Waals surface area (Å²) in [5.74, 6) is -2.84. The van der Waals surface area contributed by atoms with E-state index >= 15 is 0 Å². The van der Waals surface area contributed by atoms with Crippen LogP contribution < -0.4 is 26.2 Å². The van der Waals surface area contributed by atoms with Gasteiger partial charge in [-0.05, 0) is 117 Å². The predicted molar refractivity (Wildman–Crippen MR) is 335 cm³/mol. The van der Waals surface area contributed by atoms with E-state index in [1.807, 2.05) is 114 Å². The number of anilines is 2. The molecule has 15 nitrogen and oxygen atoms in total. The number of para-hydroxylation sites is 2. The van der Waals surface area contributed by atoms with E-state index in [2.05, 4.69) is 63.7 Å². The minimum atomic E-state index is -1.83. The maximum absolute atomic E-state index is 12.7. The lowest BCUT2D eigenvalue weighted by molar-refractivity contribution is -0.153. The lowest BCUT2D eigenvalue weighted by atomic mass is 10.1. The predicted octanol–water partition coefficient (Wildman–Crippen LogP) is 9.11. The molecule has 79 heavy (non-hydrogen) atoms. The van der Waals surface area contributed by atoms with E-state index in [0.717, 1.165) is 54.2 Å². The zero-order valence-corrected chi connectivity index (χ0v) is 48.5. The van der Waals surface area contributed by atoms with E-state index in [1.165, 1.54) is 14.7 Å². The smallest absolute Gasteiger partial charge is 0.254 e. The highest BCUT2D eigenvalue weighted by Crippen LogP contribution is 2.28. The van der Waals surface area contributed by atoms with Crippen molar-refractivity contribution in [2.24, 2.45) is 5.73 Å². The first-order chi connectivity index (χ1) is 36.6. The Morgan fingerprint density at radius 2 is 0.911 bits per heavy atom. The van der Waals surface area contributed by atoms with Gasteiger partial charge in [-0.15, -0.1) is 34.0 Å². The molecule has 2 saturated heterocycles.